The number of hydrogen-bond donors (Lipinski definition) is 2. The van der Waals surface area contributed by atoms with E-state index in [1.54, 1.807) is 0 Å². The maximum atomic E-state index is 9.13. The molecule has 0 bridgehead atoms. The molecule has 0 aromatic heterocycles. The highest BCUT2D eigenvalue weighted by molar-refractivity contribution is 5.33. The van der Waals surface area contributed by atoms with Gasteiger partial charge < -0.3 is 10.4 Å². The van der Waals surface area contributed by atoms with Gasteiger partial charge in [0.2, 0.25) is 0 Å². The molecule has 0 aliphatic rings. The fourth-order valence-electron chi connectivity index (χ4n) is 1.39. The minimum absolute atomic E-state index is 0.151. The first-order valence-corrected chi connectivity index (χ1v) is 5.37. The van der Waals surface area contributed by atoms with Crippen LogP contribution in [0.25, 0.3) is 0 Å². The molecule has 1 aromatic carbocycles. The minimum atomic E-state index is -0.212. The molecule has 1 aromatic rings. The van der Waals surface area contributed by atoms with Crippen LogP contribution in [0.2, 0.25) is 0 Å². The number of rotatable bonds is 4. The van der Waals surface area contributed by atoms with Crippen LogP contribution < -0.4 is 5.32 Å². The van der Waals surface area contributed by atoms with Gasteiger partial charge in [-0.2, -0.15) is 0 Å². The molecule has 2 heteroatoms. The van der Waals surface area contributed by atoms with Crippen molar-refractivity contribution in [3.05, 3.63) is 34.9 Å². The average molecular weight is 207 g/mol. The minimum Gasteiger partial charge on any atom is -0.394 e. The van der Waals surface area contributed by atoms with Gasteiger partial charge in [0.25, 0.3) is 0 Å². The van der Waals surface area contributed by atoms with Gasteiger partial charge in [-0.1, -0.05) is 18.2 Å². The molecular weight excluding hydrogens is 186 g/mol. The molecule has 0 aliphatic carbocycles. The van der Waals surface area contributed by atoms with Crippen LogP contribution in [0.5, 0.6) is 0 Å². The third-order valence-electron chi connectivity index (χ3n) is 2.87. The molecular formula is C13H21NO. The van der Waals surface area contributed by atoms with E-state index in [1.807, 2.05) is 13.8 Å². The summed E-state index contributed by atoms with van der Waals surface area (Å²) < 4.78 is 0. The van der Waals surface area contributed by atoms with E-state index in [4.69, 9.17) is 5.11 Å². The first-order chi connectivity index (χ1) is 6.96. The van der Waals surface area contributed by atoms with Crippen molar-refractivity contribution in [3.8, 4) is 0 Å². The molecule has 0 saturated carbocycles. The van der Waals surface area contributed by atoms with Gasteiger partial charge >= 0.3 is 0 Å². The number of aliphatic hydroxyl groups excluding tert-OH is 1. The van der Waals surface area contributed by atoms with Crippen molar-refractivity contribution in [1.82, 2.24) is 5.32 Å². The SMILES string of the molecule is Cc1cccc(CNC(C)(C)CO)c1C. The van der Waals surface area contributed by atoms with E-state index in [0.717, 1.165) is 6.54 Å². The summed E-state index contributed by atoms with van der Waals surface area (Å²) in [6.45, 7) is 9.21. The summed E-state index contributed by atoms with van der Waals surface area (Å²) >= 11 is 0. The largest absolute Gasteiger partial charge is 0.394 e. The molecule has 2 N–H and O–H groups in total. The van der Waals surface area contributed by atoms with Crippen LogP contribution in [0.4, 0.5) is 0 Å². The van der Waals surface area contributed by atoms with Gasteiger partial charge in [-0.25, -0.2) is 0 Å². The summed E-state index contributed by atoms with van der Waals surface area (Å²) in [5.41, 5.74) is 3.74. The van der Waals surface area contributed by atoms with Crippen molar-refractivity contribution >= 4 is 0 Å². The Balaban J connectivity index is 2.70. The van der Waals surface area contributed by atoms with Crippen LogP contribution in [0, 0.1) is 13.8 Å². The topological polar surface area (TPSA) is 32.3 Å². The number of aliphatic hydroxyl groups is 1. The highest BCUT2D eigenvalue weighted by Gasteiger charge is 2.15. The summed E-state index contributed by atoms with van der Waals surface area (Å²) in [6.07, 6.45) is 0. The van der Waals surface area contributed by atoms with Crippen molar-refractivity contribution in [1.29, 1.82) is 0 Å². The lowest BCUT2D eigenvalue weighted by Crippen LogP contribution is -2.42. The number of aryl methyl sites for hydroxylation is 1. The van der Waals surface area contributed by atoms with E-state index in [1.165, 1.54) is 16.7 Å². The predicted molar refractivity (Wildman–Crippen MR) is 63.9 cm³/mol. The Morgan fingerprint density at radius 3 is 2.53 bits per heavy atom. The summed E-state index contributed by atoms with van der Waals surface area (Å²) in [5.74, 6) is 0. The first kappa shape index (κ1) is 12.2. The number of nitrogens with one attached hydrogen (secondary N) is 1. The van der Waals surface area contributed by atoms with Gasteiger partial charge in [-0.05, 0) is 44.4 Å². The molecule has 0 amide bonds. The zero-order valence-electron chi connectivity index (χ0n) is 10.1. The lowest BCUT2D eigenvalue weighted by molar-refractivity contribution is 0.187. The van der Waals surface area contributed by atoms with Crippen molar-refractivity contribution in [3.63, 3.8) is 0 Å². The lowest BCUT2D eigenvalue weighted by atomic mass is 10.0. The smallest absolute Gasteiger partial charge is 0.0607 e. The number of hydrogen-bond acceptors (Lipinski definition) is 2. The second-order valence-electron chi connectivity index (χ2n) is 4.75. The summed E-state index contributed by atoms with van der Waals surface area (Å²) in [7, 11) is 0. The second kappa shape index (κ2) is 4.77. The number of benzene rings is 1. The summed E-state index contributed by atoms with van der Waals surface area (Å²) in [6, 6.07) is 6.32. The fraction of sp³-hybridized carbons (Fsp3) is 0.538. The highest BCUT2D eigenvalue weighted by Crippen LogP contribution is 2.13. The normalized spacial score (nSPS) is 11.8. The zero-order valence-corrected chi connectivity index (χ0v) is 10.1. The van der Waals surface area contributed by atoms with Crippen molar-refractivity contribution in [2.24, 2.45) is 0 Å². The Kier molecular flexibility index (Phi) is 3.89. The Hall–Kier alpha value is -0.860. The van der Waals surface area contributed by atoms with E-state index in [-0.39, 0.29) is 12.1 Å². The van der Waals surface area contributed by atoms with Crippen LogP contribution in [0.15, 0.2) is 18.2 Å². The van der Waals surface area contributed by atoms with E-state index in [2.05, 4.69) is 37.4 Å². The zero-order chi connectivity index (χ0) is 11.5. The van der Waals surface area contributed by atoms with Crippen LogP contribution in [-0.4, -0.2) is 17.3 Å². The molecule has 0 saturated heterocycles. The van der Waals surface area contributed by atoms with Gasteiger partial charge in [0.15, 0.2) is 0 Å². The monoisotopic (exact) mass is 207 g/mol. The van der Waals surface area contributed by atoms with Gasteiger partial charge in [-0.15, -0.1) is 0 Å². The van der Waals surface area contributed by atoms with E-state index in [0.29, 0.717) is 0 Å². The molecule has 84 valence electrons. The Morgan fingerprint density at radius 1 is 1.27 bits per heavy atom. The lowest BCUT2D eigenvalue weighted by Gasteiger charge is -2.24. The average Bonchev–Trinajstić information content (AvgIpc) is 2.20. The van der Waals surface area contributed by atoms with Crippen LogP contribution >= 0.6 is 0 Å². The summed E-state index contributed by atoms with van der Waals surface area (Å²) in [4.78, 5) is 0. The van der Waals surface area contributed by atoms with E-state index >= 15 is 0 Å². The molecule has 0 fully saturated rings. The molecule has 0 aliphatic heterocycles. The molecule has 0 unspecified atom stereocenters. The third-order valence-corrected chi connectivity index (χ3v) is 2.87. The molecule has 2 nitrogen and oxygen atoms in total. The van der Waals surface area contributed by atoms with E-state index in [9.17, 15) is 0 Å². The predicted octanol–water partition coefficient (Wildman–Crippen LogP) is 2.16. The maximum absolute atomic E-state index is 9.13. The molecule has 1 rings (SSSR count). The first-order valence-electron chi connectivity index (χ1n) is 5.37. The molecule has 0 spiro atoms. The third kappa shape index (κ3) is 3.33. The standard InChI is InChI=1S/C13H21NO/c1-10-6-5-7-12(11(10)2)8-14-13(3,4)9-15/h5-7,14-15H,8-9H2,1-4H3. The highest BCUT2D eigenvalue weighted by atomic mass is 16.3. The quantitative estimate of drug-likeness (QED) is 0.793. The fourth-order valence-corrected chi connectivity index (χ4v) is 1.39. The summed E-state index contributed by atoms with van der Waals surface area (Å²) in [5, 5.41) is 12.5. The molecule has 0 heterocycles. The maximum Gasteiger partial charge on any atom is 0.0607 e. The second-order valence-corrected chi connectivity index (χ2v) is 4.75. The van der Waals surface area contributed by atoms with Crippen molar-refractivity contribution in [2.45, 2.75) is 39.8 Å². The van der Waals surface area contributed by atoms with E-state index < -0.39 is 0 Å². The Labute approximate surface area is 92.3 Å². The van der Waals surface area contributed by atoms with Gasteiger partial charge in [-0.3, -0.25) is 0 Å². The van der Waals surface area contributed by atoms with Crippen LogP contribution in [0.3, 0.4) is 0 Å². The van der Waals surface area contributed by atoms with Crippen LogP contribution in [-0.2, 0) is 6.54 Å². The van der Waals surface area contributed by atoms with Crippen LogP contribution in [0.1, 0.15) is 30.5 Å². The van der Waals surface area contributed by atoms with Gasteiger partial charge in [0.05, 0.1) is 6.61 Å². The van der Waals surface area contributed by atoms with Crippen molar-refractivity contribution < 1.29 is 5.11 Å². The molecule has 0 atom stereocenters. The van der Waals surface area contributed by atoms with Crippen molar-refractivity contribution in [2.75, 3.05) is 6.61 Å². The Morgan fingerprint density at radius 2 is 1.93 bits per heavy atom. The molecule has 0 radical (unpaired) electrons. The van der Waals surface area contributed by atoms with Gasteiger partial charge in [0, 0.05) is 12.1 Å². The Bertz CT molecular complexity index is 331. The van der Waals surface area contributed by atoms with Gasteiger partial charge in [0.1, 0.15) is 0 Å². The molecule has 15 heavy (non-hydrogen) atoms.